The second-order valence-corrected chi connectivity index (χ2v) is 5.91. The Balaban J connectivity index is 1.62. The third-order valence-electron chi connectivity index (χ3n) is 4.19. The summed E-state index contributed by atoms with van der Waals surface area (Å²) in [6, 6.07) is 13.7. The average Bonchev–Trinajstić information content (AvgIpc) is 2.58. The van der Waals surface area contributed by atoms with Crippen LogP contribution in [0.3, 0.4) is 0 Å². The number of nitrogens with one attached hydrogen (secondary N) is 1. The Morgan fingerprint density at radius 1 is 1.22 bits per heavy atom. The molecule has 2 aromatic rings. The van der Waals surface area contributed by atoms with Gasteiger partial charge in [0, 0.05) is 37.7 Å². The van der Waals surface area contributed by atoms with Gasteiger partial charge >= 0.3 is 0 Å². The number of amides is 1. The van der Waals surface area contributed by atoms with Crippen molar-refractivity contribution in [2.24, 2.45) is 5.92 Å². The number of pyridine rings is 1. The SMILES string of the molecule is O=C(Nc1ccncc1)C1CN(Cc2ccccc2)CCC1O. The molecule has 0 bridgehead atoms. The van der Waals surface area contributed by atoms with Gasteiger partial charge in [0.25, 0.3) is 0 Å². The van der Waals surface area contributed by atoms with Crippen molar-refractivity contribution in [3.8, 4) is 0 Å². The summed E-state index contributed by atoms with van der Waals surface area (Å²) in [6.45, 7) is 2.16. The van der Waals surface area contributed by atoms with Crippen LogP contribution in [-0.4, -0.2) is 40.1 Å². The normalized spacial score (nSPS) is 21.8. The third kappa shape index (κ3) is 4.15. The Morgan fingerprint density at radius 3 is 2.70 bits per heavy atom. The molecular weight excluding hydrogens is 290 g/mol. The van der Waals surface area contributed by atoms with Gasteiger partial charge in [0.15, 0.2) is 0 Å². The van der Waals surface area contributed by atoms with Crippen LogP contribution in [0.1, 0.15) is 12.0 Å². The number of nitrogens with zero attached hydrogens (tertiary/aromatic N) is 2. The fraction of sp³-hybridized carbons (Fsp3) is 0.333. The van der Waals surface area contributed by atoms with Crippen LogP contribution in [0.5, 0.6) is 0 Å². The quantitative estimate of drug-likeness (QED) is 0.905. The smallest absolute Gasteiger partial charge is 0.231 e. The molecule has 0 saturated carbocycles. The number of aliphatic hydroxyl groups excluding tert-OH is 1. The number of hydrogen-bond acceptors (Lipinski definition) is 4. The van der Waals surface area contributed by atoms with Crippen molar-refractivity contribution in [1.29, 1.82) is 0 Å². The molecule has 23 heavy (non-hydrogen) atoms. The predicted molar refractivity (Wildman–Crippen MR) is 88.7 cm³/mol. The number of aliphatic hydroxyl groups is 1. The molecular formula is C18H21N3O2. The Morgan fingerprint density at radius 2 is 1.96 bits per heavy atom. The molecule has 2 heterocycles. The maximum atomic E-state index is 12.5. The highest BCUT2D eigenvalue weighted by Gasteiger charge is 2.33. The predicted octanol–water partition coefficient (Wildman–Crippen LogP) is 1.90. The summed E-state index contributed by atoms with van der Waals surface area (Å²) in [5, 5.41) is 13.1. The van der Waals surface area contributed by atoms with E-state index in [9.17, 15) is 9.90 Å². The van der Waals surface area contributed by atoms with Gasteiger partial charge in [-0.3, -0.25) is 14.7 Å². The molecule has 1 aromatic carbocycles. The number of benzene rings is 1. The van der Waals surface area contributed by atoms with E-state index in [2.05, 4.69) is 27.3 Å². The van der Waals surface area contributed by atoms with Crippen LogP contribution in [0.15, 0.2) is 54.9 Å². The Bertz CT molecular complexity index is 633. The summed E-state index contributed by atoms with van der Waals surface area (Å²) in [6.07, 6.45) is 3.29. The van der Waals surface area contributed by atoms with Crippen molar-refractivity contribution >= 4 is 11.6 Å². The van der Waals surface area contributed by atoms with E-state index in [1.165, 1.54) is 5.56 Å². The molecule has 5 heteroatoms. The fourth-order valence-electron chi connectivity index (χ4n) is 2.92. The van der Waals surface area contributed by atoms with Crippen LogP contribution < -0.4 is 5.32 Å². The molecule has 120 valence electrons. The van der Waals surface area contributed by atoms with Crippen LogP contribution in [-0.2, 0) is 11.3 Å². The van der Waals surface area contributed by atoms with E-state index >= 15 is 0 Å². The van der Waals surface area contributed by atoms with Crippen molar-refractivity contribution in [3.05, 3.63) is 60.4 Å². The van der Waals surface area contributed by atoms with E-state index in [0.29, 0.717) is 18.7 Å². The zero-order valence-corrected chi connectivity index (χ0v) is 12.9. The Hall–Kier alpha value is -2.24. The van der Waals surface area contributed by atoms with Gasteiger partial charge in [-0.2, -0.15) is 0 Å². The first-order valence-corrected chi connectivity index (χ1v) is 7.87. The molecule has 0 aliphatic carbocycles. The lowest BCUT2D eigenvalue weighted by molar-refractivity contribution is -0.126. The van der Waals surface area contributed by atoms with E-state index in [-0.39, 0.29) is 5.91 Å². The minimum Gasteiger partial charge on any atom is -0.392 e. The largest absolute Gasteiger partial charge is 0.392 e. The van der Waals surface area contributed by atoms with Gasteiger partial charge < -0.3 is 10.4 Å². The monoisotopic (exact) mass is 311 g/mol. The lowest BCUT2D eigenvalue weighted by Crippen LogP contribution is -2.47. The zero-order chi connectivity index (χ0) is 16.1. The number of anilines is 1. The molecule has 1 aromatic heterocycles. The summed E-state index contributed by atoms with van der Waals surface area (Å²) in [7, 11) is 0. The van der Waals surface area contributed by atoms with E-state index in [0.717, 1.165) is 13.1 Å². The standard InChI is InChI=1S/C18H21N3O2/c22-17-8-11-21(12-14-4-2-1-3-5-14)13-16(17)18(23)20-15-6-9-19-10-7-15/h1-7,9-10,16-17,22H,8,11-13H2,(H,19,20,23). The van der Waals surface area contributed by atoms with E-state index in [4.69, 9.17) is 0 Å². The molecule has 1 saturated heterocycles. The highest BCUT2D eigenvalue weighted by molar-refractivity contribution is 5.93. The highest BCUT2D eigenvalue weighted by Crippen LogP contribution is 2.21. The highest BCUT2D eigenvalue weighted by atomic mass is 16.3. The van der Waals surface area contributed by atoms with Gasteiger partial charge in [-0.15, -0.1) is 0 Å². The average molecular weight is 311 g/mol. The maximum absolute atomic E-state index is 12.5. The van der Waals surface area contributed by atoms with Crippen molar-refractivity contribution in [3.63, 3.8) is 0 Å². The molecule has 1 aliphatic rings. The van der Waals surface area contributed by atoms with E-state index < -0.39 is 12.0 Å². The van der Waals surface area contributed by atoms with Gasteiger partial charge in [0.05, 0.1) is 12.0 Å². The number of carbonyl (C=O) groups excluding carboxylic acids is 1. The lowest BCUT2D eigenvalue weighted by atomic mass is 9.93. The first-order chi connectivity index (χ1) is 11.2. The van der Waals surface area contributed by atoms with Gasteiger partial charge in [0.1, 0.15) is 0 Å². The van der Waals surface area contributed by atoms with Gasteiger partial charge in [0.2, 0.25) is 5.91 Å². The van der Waals surface area contributed by atoms with Gasteiger partial charge in [-0.05, 0) is 24.1 Å². The van der Waals surface area contributed by atoms with E-state index in [1.54, 1.807) is 24.5 Å². The van der Waals surface area contributed by atoms with Crippen LogP contribution >= 0.6 is 0 Å². The molecule has 1 amide bonds. The van der Waals surface area contributed by atoms with Crippen LogP contribution in [0, 0.1) is 5.92 Å². The summed E-state index contributed by atoms with van der Waals surface area (Å²) in [5.74, 6) is -0.554. The molecule has 2 N–H and O–H groups in total. The van der Waals surface area contributed by atoms with Crippen LogP contribution in [0.2, 0.25) is 0 Å². The topological polar surface area (TPSA) is 65.5 Å². The Labute approximate surface area is 136 Å². The number of hydrogen-bond donors (Lipinski definition) is 2. The molecule has 0 radical (unpaired) electrons. The molecule has 1 fully saturated rings. The minimum absolute atomic E-state index is 0.138. The Kier molecular flexibility index (Phi) is 5.00. The van der Waals surface area contributed by atoms with Crippen molar-refractivity contribution < 1.29 is 9.90 Å². The number of piperidine rings is 1. The third-order valence-corrected chi connectivity index (χ3v) is 4.19. The van der Waals surface area contributed by atoms with Crippen molar-refractivity contribution in [2.75, 3.05) is 18.4 Å². The van der Waals surface area contributed by atoms with Crippen LogP contribution in [0.4, 0.5) is 5.69 Å². The summed E-state index contributed by atoms with van der Waals surface area (Å²) in [5.41, 5.74) is 1.93. The van der Waals surface area contributed by atoms with Gasteiger partial charge in [-0.1, -0.05) is 30.3 Å². The summed E-state index contributed by atoms with van der Waals surface area (Å²) >= 11 is 0. The number of carbonyl (C=O) groups is 1. The molecule has 2 atom stereocenters. The molecule has 5 nitrogen and oxygen atoms in total. The first-order valence-electron chi connectivity index (χ1n) is 7.87. The van der Waals surface area contributed by atoms with Crippen molar-refractivity contribution in [1.82, 2.24) is 9.88 Å². The summed E-state index contributed by atoms with van der Waals surface area (Å²) in [4.78, 5) is 18.6. The molecule has 3 rings (SSSR count). The second-order valence-electron chi connectivity index (χ2n) is 5.91. The zero-order valence-electron chi connectivity index (χ0n) is 12.9. The fourth-order valence-corrected chi connectivity index (χ4v) is 2.92. The van der Waals surface area contributed by atoms with Gasteiger partial charge in [-0.25, -0.2) is 0 Å². The molecule has 0 spiro atoms. The van der Waals surface area contributed by atoms with Crippen LogP contribution in [0.25, 0.3) is 0 Å². The lowest BCUT2D eigenvalue weighted by Gasteiger charge is -2.35. The van der Waals surface area contributed by atoms with Crippen molar-refractivity contribution in [2.45, 2.75) is 19.1 Å². The summed E-state index contributed by atoms with van der Waals surface area (Å²) < 4.78 is 0. The molecule has 2 unspecified atom stereocenters. The minimum atomic E-state index is -0.594. The maximum Gasteiger partial charge on any atom is 0.231 e. The second kappa shape index (κ2) is 7.35. The van der Waals surface area contributed by atoms with E-state index in [1.807, 2.05) is 18.2 Å². The first kappa shape index (κ1) is 15.6. The number of rotatable bonds is 4. The number of aromatic nitrogens is 1. The molecule has 1 aliphatic heterocycles. The number of likely N-dealkylation sites (tertiary alicyclic amines) is 1.